The van der Waals surface area contributed by atoms with Gasteiger partial charge < -0.3 is 8.85 Å². The Hall–Kier alpha value is 0.0238. The molecule has 0 aromatic heterocycles. The molecule has 0 aliphatic rings. The Morgan fingerprint density at radius 2 is 1.52 bits per heavy atom. The van der Waals surface area contributed by atoms with E-state index in [1.165, 1.54) is 0 Å². The summed E-state index contributed by atoms with van der Waals surface area (Å²) < 4.78 is 12.7. The molecule has 138 valence electrons. The minimum absolute atomic E-state index is 0.0372. The number of carbonyl (C=O) groups excluding carboxylic acids is 1. The number of Topliss-reactive ketones (excluding diaryl/α,β-unsaturated/α-hetero) is 1. The number of carbonyl (C=O) groups is 1. The van der Waals surface area contributed by atoms with Crippen LogP contribution in [0, 0.1) is 5.41 Å². The molecule has 3 nitrogen and oxygen atoms in total. The molecule has 0 N–H and O–H groups in total. The Kier molecular flexibility index (Phi) is 9.50. The molecule has 0 radical (unpaired) electrons. The molecule has 0 aliphatic heterocycles. The SMILES string of the molecule is CCCC(=O)C(C)(C)[C@H](CCO[Si](C)(C)CC)O[Si](C)(C)CC. The lowest BCUT2D eigenvalue weighted by Gasteiger charge is -2.39. The van der Waals surface area contributed by atoms with Gasteiger partial charge in [-0.2, -0.15) is 0 Å². The maximum atomic E-state index is 12.6. The average molecular weight is 361 g/mol. The monoisotopic (exact) mass is 360 g/mol. The van der Waals surface area contributed by atoms with Crippen molar-refractivity contribution in [3.63, 3.8) is 0 Å². The van der Waals surface area contributed by atoms with E-state index < -0.39 is 22.0 Å². The molecular weight excluding hydrogens is 320 g/mol. The summed E-state index contributed by atoms with van der Waals surface area (Å²) in [7, 11) is -3.26. The van der Waals surface area contributed by atoms with E-state index in [1.54, 1.807) is 0 Å². The van der Waals surface area contributed by atoms with Gasteiger partial charge in [-0.25, -0.2) is 0 Å². The zero-order valence-electron chi connectivity index (χ0n) is 17.0. The van der Waals surface area contributed by atoms with Crippen LogP contribution < -0.4 is 0 Å². The van der Waals surface area contributed by atoms with Crippen LogP contribution in [0.1, 0.15) is 53.9 Å². The van der Waals surface area contributed by atoms with Crippen molar-refractivity contribution >= 4 is 22.4 Å². The highest BCUT2D eigenvalue weighted by molar-refractivity contribution is 6.71. The van der Waals surface area contributed by atoms with E-state index in [4.69, 9.17) is 8.85 Å². The van der Waals surface area contributed by atoms with Crippen LogP contribution in [-0.4, -0.2) is 35.1 Å². The Labute approximate surface area is 146 Å². The smallest absolute Gasteiger partial charge is 0.186 e. The normalized spacial score (nSPS) is 14.8. The molecule has 0 amide bonds. The molecule has 0 bridgehead atoms. The number of rotatable bonds is 12. The molecule has 0 saturated carbocycles. The number of hydrogen-bond acceptors (Lipinski definition) is 3. The zero-order chi connectivity index (χ0) is 18.3. The molecule has 0 unspecified atom stereocenters. The molecule has 5 heteroatoms. The van der Waals surface area contributed by atoms with Gasteiger partial charge >= 0.3 is 0 Å². The second-order valence-corrected chi connectivity index (χ2v) is 17.3. The van der Waals surface area contributed by atoms with E-state index in [-0.39, 0.29) is 6.10 Å². The van der Waals surface area contributed by atoms with Crippen LogP contribution in [0.15, 0.2) is 0 Å². The minimum Gasteiger partial charge on any atom is -0.417 e. The van der Waals surface area contributed by atoms with E-state index >= 15 is 0 Å². The number of hydrogen-bond donors (Lipinski definition) is 0. The van der Waals surface area contributed by atoms with E-state index in [0.29, 0.717) is 18.8 Å². The van der Waals surface area contributed by atoms with Crippen molar-refractivity contribution in [3.8, 4) is 0 Å². The van der Waals surface area contributed by atoms with E-state index in [1.807, 2.05) is 0 Å². The maximum absolute atomic E-state index is 12.6. The molecule has 0 fully saturated rings. The zero-order valence-corrected chi connectivity index (χ0v) is 19.0. The largest absolute Gasteiger partial charge is 0.417 e. The van der Waals surface area contributed by atoms with Gasteiger partial charge in [0.15, 0.2) is 16.6 Å². The van der Waals surface area contributed by atoms with Crippen molar-refractivity contribution in [2.45, 2.75) is 98.3 Å². The Balaban J connectivity index is 5.05. The first-order chi connectivity index (χ1) is 10.4. The second-order valence-electron chi connectivity index (χ2n) is 8.36. The topological polar surface area (TPSA) is 35.5 Å². The van der Waals surface area contributed by atoms with E-state index in [9.17, 15) is 4.79 Å². The summed E-state index contributed by atoms with van der Waals surface area (Å²) in [6.07, 6.45) is 2.31. The lowest BCUT2D eigenvalue weighted by Crippen LogP contribution is -2.46. The quantitative estimate of drug-likeness (QED) is 0.423. The van der Waals surface area contributed by atoms with Crippen LogP contribution in [0.5, 0.6) is 0 Å². The van der Waals surface area contributed by atoms with Gasteiger partial charge in [-0.3, -0.25) is 4.79 Å². The fourth-order valence-electron chi connectivity index (χ4n) is 2.31. The summed E-state index contributed by atoms with van der Waals surface area (Å²) in [5, 5.41) is 0. The molecule has 1 atom stereocenters. The van der Waals surface area contributed by atoms with Gasteiger partial charge in [-0.15, -0.1) is 0 Å². The highest BCUT2D eigenvalue weighted by atomic mass is 28.4. The summed E-state index contributed by atoms with van der Waals surface area (Å²) in [5.41, 5.74) is -0.434. The summed E-state index contributed by atoms with van der Waals surface area (Å²) in [6.45, 7) is 20.2. The first kappa shape index (κ1) is 23.0. The Bertz CT molecular complexity index is 365. The molecule has 0 aromatic carbocycles. The standard InChI is InChI=1S/C18H40O3Si2/c1-10-13-16(19)18(4,5)17(21-23(8,9)12-3)14-15-20-22(6,7)11-2/h17H,10-15H2,1-9H3/t17-/m0/s1. The van der Waals surface area contributed by atoms with Crippen molar-refractivity contribution in [1.29, 1.82) is 0 Å². The maximum Gasteiger partial charge on any atom is 0.186 e. The van der Waals surface area contributed by atoms with Crippen LogP contribution in [0.2, 0.25) is 38.3 Å². The highest BCUT2D eigenvalue weighted by Crippen LogP contribution is 2.32. The Morgan fingerprint density at radius 3 is 1.96 bits per heavy atom. The fourth-order valence-corrected chi connectivity index (χ4v) is 4.53. The fraction of sp³-hybridized carbons (Fsp3) is 0.944. The first-order valence-electron chi connectivity index (χ1n) is 9.27. The van der Waals surface area contributed by atoms with Gasteiger partial charge in [0.25, 0.3) is 0 Å². The molecule has 0 saturated heterocycles. The summed E-state index contributed by atoms with van der Waals surface area (Å²) in [5.74, 6) is 0.317. The van der Waals surface area contributed by atoms with Crippen molar-refractivity contribution in [2.75, 3.05) is 6.61 Å². The van der Waals surface area contributed by atoms with Crippen molar-refractivity contribution in [3.05, 3.63) is 0 Å². The molecule has 0 aliphatic carbocycles. The van der Waals surface area contributed by atoms with Crippen LogP contribution in [-0.2, 0) is 13.6 Å². The van der Waals surface area contributed by atoms with Crippen molar-refractivity contribution < 1.29 is 13.6 Å². The van der Waals surface area contributed by atoms with E-state index in [0.717, 1.165) is 24.9 Å². The third kappa shape index (κ3) is 8.10. The predicted octanol–water partition coefficient (Wildman–Crippen LogP) is 5.62. The van der Waals surface area contributed by atoms with Gasteiger partial charge in [0.05, 0.1) is 6.10 Å². The molecule has 0 aromatic rings. The summed E-state index contributed by atoms with van der Waals surface area (Å²) in [4.78, 5) is 12.6. The van der Waals surface area contributed by atoms with Crippen LogP contribution in [0.4, 0.5) is 0 Å². The molecular formula is C18H40O3Si2. The van der Waals surface area contributed by atoms with E-state index in [2.05, 4.69) is 60.8 Å². The van der Waals surface area contributed by atoms with Crippen LogP contribution in [0.25, 0.3) is 0 Å². The molecule has 0 heterocycles. The minimum atomic E-state index is -1.72. The molecule has 0 spiro atoms. The third-order valence-corrected chi connectivity index (χ3v) is 10.4. The summed E-state index contributed by atoms with van der Waals surface area (Å²) >= 11 is 0. The predicted molar refractivity (Wildman–Crippen MR) is 105 cm³/mol. The first-order valence-corrected chi connectivity index (χ1v) is 15.5. The van der Waals surface area contributed by atoms with Crippen molar-refractivity contribution in [2.24, 2.45) is 5.41 Å². The second kappa shape index (κ2) is 9.49. The van der Waals surface area contributed by atoms with Gasteiger partial charge in [-0.05, 0) is 51.1 Å². The van der Waals surface area contributed by atoms with Gasteiger partial charge in [0.2, 0.25) is 0 Å². The average Bonchev–Trinajstić information content (AvgIpc) is 2.46. The third-order valence-electron chi connectivity index (χ3n) is 5.04. The van der Waals surface area contributed by atoms with Gasteiger partial charge in [0.1, 0.15) is 5.78 Å². The van der Waals surface area contributed by atoms with Crippen LogP contribution in [0.3, 0.4) is 0 Å². The van der Waals surface area contributed by atoms with Crippen molar-refractivity contribution in [1.82, 2.24) is 0 Å². The molecule has 0 rings (SSSR count). The van der Waals surface area contributed by atoms with Crippen LogP contribution >= 0.6 is 0 Å². The number of ketones is 1. The lowest BCUT2D eigenvalue weighted by atomic mass is 9.79. The molecule has 23 heavy (non-hydrogen) atoms. The lowest BCUT2D eigenvalue weighted by molar-refractivity contribution is -0.132. The highest BCUT2D eigenvalue weighted by Gasteiger charge is 2.39. The van der Waals surface area contributed by atoms with Gasteiger partial charge in [0, 0.05) is 18.4 Å². The Morgan fingerprint density at radius 1 is 1.00 bits per heavy atom. The summed E-state index contributed by atoms with van der Waals surface area (Å²) in [6, 6.07) is 2.18. The van der Waals surface area contributed by atoms with Gasteiger partial charge in [-0.1, -0.05) is 34.6 Å².